The number of nitrogens with zero attached hydrogens (tertiary/aromatic N) is 2. The maximum atomic E-state index is 12.4. The maximum Gasteiger partial charge on any atom is 0.228 e. The molecule has 4 nitrogen and oxygen atoms in total. The highest BCUT2D eigenvalue weighted by molar-refractivity contribution is 9.10. The first-order valence-corrected chi connectivity index (χ1v) is 7.31. The van der Waals surface area contributed by atoms with Crippen LogP contribution in [0.15, 0.2) is 28.7 Å². The highest BCUT2D eigenvalue weighted by Gasteiger charge is 2.23. The van der Waals surface area contributed by atoms with Gasteiger partial charge in [-0.15, -0.1) is 0 Å². The fourth-order valence-electron chi connectivity index (χ4n) is 2.29. The van der Waals surface area contributed by atoms with Gasteiger partial charge in [0, 0.05) is 43.6 Å². The summed E-state index contributed by atoms with van der Waals surface area (Å²) in [4.78, 5) is 16.3. The number of carbonyl (C=O) groups excluding carboxylic acids is 1. The summed E-state index contributed by atoms with van der Waals surface area (Å²) >= 11 is 3.49. The van der Waals surface area contributed by atoms with Gasteiger partial charge in [0.15, 0.2) is 0 Å². The van der Waals surface area contributed by atoms with E-state index in [0.29, 0.717) is 6.42 Å². The van der Waals surface area contributed by atoms with Crippen molar-refractivity contribution in [2.75, 3.05) is 38.6 Å². The standard InChI is InChI=1S/C14H20BrN3O/c1-17-8-7-16-10-11(17)9-14(19)18(2)13-6-4-3-5-12(13)15/h3-6,11,16H,7-10H2,1-2H3. The van der Waals surface area contributed by atoms with Crippen LogP contribution in [0.4, 0.5) is 5.69 Å². The smallest absolute Gasteiger partial charge is 0.228 e. The fourth-order valence-corrected chi connectivity index (χ4v) is 2.84. The second kappa shape index (κ2) is 6.50. The summed E-state index contributed by atoms with van der Waals surface area (Å²) in [6.07, 6.45) is 0.543. The van der Waals surface area contributed by atoms with E-state index in [1.165, 1.54) is 0 Å². The van der Waals surface area contributed by atoms with Crippen molar-refractivity contribution in [3.05, 3.63) is 28.7 Å². The van der Waals surface area contributed by atoms with Crippen molar-refractivity contribution < 1.29 is 4.79 Å². The molecule has 0 radical (unpaired) electrons. The second-order valence-electron chi connectivity index (χ2n) is 4.95. The average Bonchev–Trinajstić information content (AvgIpc) is 2.41. The maximum absolute atomic E-state index is 12.4. The Morgan fingerprint density at radius 1 is 1.53 bits per heavy atom. The van der Waals surface area contributed by atoms with E-state index in [4.69, 9.17) is 0 Å². The molecule has 1 aromatic rings. The van der Waals surface area contributed by atoms with Crippen LogP contribution in [0, 0.1) is 0 Å². The van der Waals surface area contributed by atoms with E-state index in [1.807, 2.05) is 31.3 Å². The van der Waals surface area contributed by atoms with Crippen LogP contribution in [0.25, 0.3) is 0 Å². The Labute approximate surface area is 122 Å². The molecular formula is C14H20BrN3O. The lowest BCUT2D eigenvalue weighted by Crippen LogP contribution is -2.51. The van der Waals surface area contributed by atoms with E-state index in [2.05, 4.69) is 33.2 Å². The molecule has 0 saturated carbocycles. The number of likely N-dealkylation sites (N-methyl/N-ethyl adjacent to an activating group) is 1. The van der Waals surface area contributed by atoms with Crippen molar-refractivity contribution in [2.24, 2.45) is 0 Å². The number of amides is 1. The molecule has 1 saturated heterocycles. The molecule has 0 aliphatic carbocycles. The summed E-state index contributed by atoms with van der Waals surface area (Å²) in [7, 11) is 3.91. The number of nitrogens with one attached hydrogen (secondary N) is 1. The van der Waals surface area contributed by atoms with E-state index in [1.54, 1.807) is 4.90 Å². The van der Waals surface area contributed by atoms with Gasteiger partial charge in [-0.3, -0.25) is 4.79 Å². The number of rotatable bonds is 3. The molecule has 0 aromatic heterocycles. The summed E-state index contributed by atoms with van der Waals surface area (Å²) in [6.45, 7) is 2.88. The van der Waals surface area contributed by atoms with Gasteiger partial charge in [0.1, 0.15) is 0 Å². The number of hydrogen-bond acceptors (Lipinski definition) is 3. The molecule has 1 aromatic carbocycles. The van der Waals surface area contributed by atoms with Gasteiger partial charge in [0.05, 0.1) is 5.69 Å². The molecule has 0 spiro atoms. The summed E-state index contributed by atoms with van der Waals surface area (Å²) in [5.74, 6) is 0.146. The molecule has 5 heteroatoms. The second-order valence-corrected chi connectivity index (χ2v) is 5.80. The van der Waals surface area contributed by atoms with Gasteiger partial charge in [0.2, 0.25) is 5.91 Å². The number of benzene rings is 1. The Morgan fingerprint density at radius 2 is 2.26 bits per heavy atom. The topological polar surface area (TPSA) is 35.6 Å². The summed E-state index contributed by atoms with van der Waals surface area (Å²) in [5.41, 5.74) is 0.916. The minimum absolute atomic E-state index is 0.146. The molecule has 2 rings (SSSR count). The monoisotopic (exact) mass is 325 g/mol. The highest BCUT2D eigenvalue weighted by Crippen LogP contribution is 2.25. The Hall–Kier alpha value is -0.910. The molecular weight excluding hydrogens is 306 g/mol. The van der Waals surface area contributed by atoms with E-state index in [9.17, 15) is 4.79 Å². The molecule has 1 unspecified atom stereocenters. The average molecular weight is 326 g/mol. The molecule has 0 bridgehead atoms. The SMILES string of the molecule is CN(C(=O)CC1CNCCN1C)c1ccccc1Br. The minimum atomic E-state index is 0.146. The van der Waals surface area contributed by atoms with Gasteiger partial charge in [-0.05, 0) is 35.1 Å². The normalized spacial score (nSPS) is 20.3. The van der Waals surface area contributed by atoms with Crippen LogP contribution in [0.3, 0.4) is 0 Å². The third-order valence-corrected chi connectivity index (χ3v) is 4.31. The van der Waals surface area contributed by atoms with Gasteiger partial charge in [-0.25, -0.2) is 0 Å². The van der Waals surface area contributed by atoms with E-state index in [0.717, 1.165) is 29.8 Å². The lowest BCUT2D eigenvalue weighted by Gasteiger charge is -2.33. The van der Waals surface area contributed by atoms with Gasteiger partial charge < -0.3 is 15.1 Å². The predicted molar refractivity (Wildman–Crippen MR) is 81.5 cm³/mol. The van der Waals surface area contributed by atoms with Crippen molar-refractivity contribution in [3.63, 3.8) is 0 Å². The Kier molecular flexibility index (Phi) is 4.96. The van der Waals surface area contributed by atoms with Crippen molar-refractivity contribution >= 4 is 27.5 Å². The number of halogens is 1. The van der Waals surface area contributed by atoms with E-state index >= 15 is 0 Å². The molecule has 1 fully saturated rings. The Bertz CT molecular complexity index is 452. The van der Waals surface area contributed by atoms with Crippen LogP contribution >= 0.6 is 15.9 Å². The van der Waals surface area contributed by atoms with Crippen LogP contribution in [-0.4, -0.2) is 50.6 Å². The molecule has 1 N–H and O–H groups in total. The van der Waals surface area contributed by atoms with E-state index in [-0.39, 0.29) is 11.9 Å². The number of piperazine rings is 1. The molecule has 1 heterocycles. The first kappa shape index (κ1) is 14.5. The van der Waals surface area contributed by atoms with Gasteiger partial charge >= 0.3 is 0 Å². The van der Waals surface area contributed by atoms with Crippen molar-refractivity contribution in [2.45, 2.75) is 12.5 Å². The predicted octanol–water partition coefficient (Wildman–Crippen LogP) is 1.71. The molecule has 1 amide bonds. The van der Waals surface area contributed by atoms with E-state index < -0.39 is 0 Å². The number of anilines is 1. The van der Waals surface area contributed by atoms with Crippen molar-refractivity contribution in [3.8, 4) is 0 Å². The Balaban J connectivity index is 2.01. The van der Waals surface area contributed by atoms with Crippen molar-refractivity contribution in [1.82, 2.24) is 10.2 Å². The van der Waals surface area contributed by atoms with Gasteiger partial charge in [0.25, 0.3) is 0 Å². The third kappa shape index (κ3) is 3.55. The van der Waals surface area contributed by atoms with Crippen LogP contribution in [-0.2, 0) is 4.79 Å². The molecule has 19 heavy (non-hydrogen) atoms. The largest absolute Gasteiger partial charge is 0.314 e. The zero-order valence-electron chi connectivity index (χ0n) is 11.4. The summed E-state index contributed by atoms with van der Waals surface area (Å²) < 4.78 is 0.945. The lowest BCUT2D eigenvalue weighted by molar-refractivity contribution is -0.119. The minimum Gasteiger partial charge on any atom is -0.314 e. The van der Waals surface area contributed by atoms with Crippen LogP contribution in [0.1, 0.15) is 6.42 Å². The summed E-state index contributed by atoms with van der Waals surface area (Å²) in [5, 5.41) is 3.34. The molecule has 1 atom stereocenters. The Morgan fingerprint density at radius 3 is 2.95 bits per heavy atom. The third-order valence-electron chi connectivity index (χ3n) is 3.64. The van der Waals surface area contributed by atoms with Crippen LogP contribution in [0.5, 0.6) is 0 Å². The van der Waals surface area contributed by atoms with Crippen molar-refractivity contribution in [1.29, 1.82) is 0 Å². The quantitative estimate of drug-likeness (QED) is 0.918. The number of hydrogen-bond donors (Lipinski definition) is 1. The molecule has 104 valence electrons. The first-order chi connectivity index (χ1) is 9.09. The number of carbonyl (C=O) groups is 1. The highest BCUT2D eigenvalue weighted by atomic mass is 79.9. The van der Waals surface area contributed by atoms with Gasteiger partial charge in [-0.2, -0.15) is 0 Å². The van der Waals surface area contributed by atoms with Gasteiger partial charge in [-0.1, -0.05) is 12.1 Å². The summed E-state index contributed by atoms with van der Waals surface area (Å²) in [6, 6.07) is 8.08. The first-order valence-electron chi connectivity index (χ1n) is 6.51. The zero-order chi connectivity index (χ0) is 13.8. The molecule has 1 aliphatic rings. The fraction of sp³-hybridized carbons (Fsp3) is 0.500. The molecule has 1 aliphatic heterocycles. The number of para-hydroxylation sites is 1. The lowest BCUT2D eigenvalue weighted by atomic mass is 10.1. The van der Waals surface area contributed by atoms with Crippen LogP contribution in [0.2, 0.25) is 0 Å². The van der Waals surface area contributed by atoms with Crippen LogP contribution < -0.4 is 10.2 Å². The zero-order valence-corrected chi connectivity index (χ0v) is 13.0.